The van der Waals surface area contributed by atoms with Crippen molar-refractivity contribution in [3.8, 4) is 111 Å². The molecule has 0 nitrogen and oxygen atoms in total. The summed E-state index contributed by atoms with van der Waals surface area (Å²) in [7, 11) is 0. The molecule has 0 bridgehead atoms. The number of rotatable bonds is 4. The molecule has 0 saturated carbocycles. The maximum atomic E-state index is 2.56. The molecule has 0 aromatic heterocycles. The molecule has 12 aromatic carbocycles. The highest BCUT2D eigenvalue weighted by Gasteiger charge is 2.41. The number of fused-ring (bicyclic) bond motifs is 14. The van der Waals surface area contributed by atoms with Gasteiger partial charge >= 0.3 is 0 Å². The van der Waals surface area contributed by atoms with Gasteiger partial charge in [0.2, 0.25) is 0 Å². The van der Waals surface area contributed by atoms with Crippen molar-refractivity contribution in [2.45, 2.75) is 90.9 Å². The Bertz CT molecular complexity index is 4430. The molecule has 16 rings (SSSR count). The third kappa shape index (κ3) is 6.28. The van der Waals surface area contributed by atoms with Crippen LogP contribution < -0.4 is 0 Å². The van der Waals surface area contributed by atoms with Gasteiger partial charge in [-0.3, -0.25) is 0 Å². The third-order valence-corrected chi connectivity index (χ3v) is 19.5. The van der Waals surface area contributed by atoms with Crippen molar-refractivity contribution in [2.24, 2.45) is 0 Å². The second kappa shape index (κ2) is 16.0. The standard InChI is InChI=1S/C80H64/c1-77(2,3)49-33-27-45(28-34-49)67-55-21-11-12-22-56(55)68(46-29-35-50(36-30-46)78(4,5)6)74-60-40-42-62-72-61(41-39-59(71(60)72)73(67)74)75-69(47-31-37-53-51-19-15-17-25-63(51)79(7,8)65(53)43-47)57-23-13-14-24-58(57)70(76(62)75)48-32-38-54-52-20-16-18-26-64(52)80(9,10)66(54)44-48/h11-44H,1-10H3. The molecule has 0 fully saturated rings. The lowest BCUT2D eigenvalue weighted by Gasteiger charge is -2.25. The number of benzene rings is 12. The van der Waals surface area contributed by atoms with Gasteiger partial charge in [-0.15, -0.1) is 0 Å². The van der Waals surface area contributed by atoms with Gasteiger partial charge in [0.1, 0.15) is 0 Å². The van der Waals surface area contributed by atoms with Crippen LogP contribution in [0, 0.1) is 0 Å². The maximum absolute atomic E-state index is 2.56. The fraction of sp³-hybridized carbons (Fsp3) is 0.175. The molecule has 0 radical (unpaired) electrons. The summed E-state index contributed by atoms with van der Waals surface area (Å²) in [6.07, 6.45) is 0. The highest BCUT2D eigenvalue weighted by molar-refractivity contribution is 6.35. The molecule has 80 heavy (non-hydrogen) atoms. The van der Waals surface area contributed by atoms with Gasteiger partial charge in [0.05, 0.1) is 0 Å². The summed E-state index contributed by atoms with van der Waals surface area (Å²) >= 11 is 0. The van der Waals surface area contributed by atoms with E-state index in [2.05, 4.69) is 275 Å². The lowest BCUT2D eigenvalue weighted by molar-refractivity contribution is 0.590. The summed E-state index contributed by atoms with van der Waals surface area (Å²) in [5, 5.41) is 7.86. The second-order valence-electron chi connectivity index (χ2n) is 26.7. The molecule has 4 aliphatic carbocycles. The minimum atomic E-state index is -0.147. The van der Waals surface area contributed by atoms with E-state index >= 15 is 0 Å². The molecule has 0 amide bonds. The molecule has 0 N–H and O–H groups in total. The van der Waals surface area contributed by atoms with Crippen molar-refractivity contribution >= 4 is 32.3 Å². The van der Waals surface area contributed by atoms with Gasteiger partial charge in [0.25, 0.3) is 0 Å². The molecular weight excluding hydrogens is 961 g/mol. The van der Waals surface area contributed by atoms with Gasteiger partial charge in [0.15, 0.2) is 0 Å². The predicted octanol–water partition coefficient (Wildman–Crippen LogP) is 22.3. The Hall–Kier alpha value is -8.58. The van der Waals surface area contributed by atoms with Crippen molar-refractivity contribution < 1.29 is 0 Å². The zero-order valence-electron chi connectivity index (χ0n) is 47.6. The summed E-state index contributed by atoms with van der Waals surface area (Å²) in [5.41, 5.74) is 34.4. The smallest absolute Gasteiger partial charge is 0.0159 e. The first-order chi connectivity index (χ1) is 38.5. The lowest BCUT2D eigenvalue weighted by Crippen LogP contribution is -2.15. The van der Waals surface area contributed by atoms with Crippen LogP contribution in [0.4, 0.5) is 0 Å². The Labute approximate surface area is 471 Å². The van der Waals surface area contributed by atoms with Gasteiger partial charge in [-0.2, -0.15) is 0 Å². The van der Waals surface area contributed by atoms with E-state index in [-0.39, 0.29) is 21.7 Å². The normalized spacial score (nSPS) is 14.6. The van der Waals surface area contributed by atoms with Crippen LogP contribution >= 0.6 is 0 Å². The topological polar surface area (TPSA) is 0 Å². The Morgan fingerprint density at radius 2 is 0.500 bits per heavy atom. The van der Waals surface area contributed by atoms with Crippen LogP contribution in [0.5, 0.6) is 0 Å². The molecule has 4 aliphatic rings. The highest BCUT2D eigenvalue weighted by Crippen LogP contribution is 2.65. The number of hydrogen-bond acceptors (Lipinski definition) is 0. The van der Waals surface area contributed by atoms with Crippen molar-refractivity contribution in [1.82, 2.24) is 0 Å². The van der Waals surface area contributed by atoms with Gasteiger partial charge in [-0.05, 0) is 200 Å². The molecule has 0 atom stereocenters. The van der Waals surface area contributed by atoms with Crippen molar-refractivity contribution in [3.05, 3.63) is 240 Å². The minimum Gasteiger partial charge on any atom is -0.0619 e. The molecule has 0 heterocycles. The average Bonchev–Trinajstić information content (AvgIpc) is 4.15. The van der Waals surface area contributed by atoms with E-state index in [9.17, 15) is 0 Å². The molecule has 0 heteroatoms. The maximum Gasteiger partial charge on any atom is 0.0159 e. The van der Waals surface area contributed by atoms with E-state index in [1.807, 2.05) is 0 Å². The summed E-state index contributed by atoms with van der Waals surface area (Å²) in [4.78, 5) is 0. The van der Waals surface area contributed by atoms with Crippen LogP contribution in [-0.2, 0) is 21.7 Å². The monoisotopic (exact) mass is 1020 g/mol. The van der Waals surface area contributed by atoms with E-state index in [1.165, 1.54) is 177 Å². The first-order valence-electron chi connectivity index (χ1n) is 29.0. The predicted molar refractivity (Wildman–Crippen MR) is 342 cm³/mol. The van der Waals surface area contributed by atoms with E-state index in [0.717, 1.165) is 0 Å². The zero-order valence-corrected chi connectivity index (χ0v) is 47.6. The first-order valence-corrected chi connectivity index (χ1v) is 29.0. The zero-order chi connectivity index (χ0) is 54.5. The summed E-state index contributed by atoms with van der Waals surface area (Å²) < 4.78 is 0. The highest BCUT2D eigenvalue weighted by atomic mass is 14.4. The summed E-state index contributed by atoms with van der Waals surface area (Å²) in [6, 6.07) is 80.6. The average molecular weight is 1030 g/mol. The van der Waals surface area contributed by atoms with Crippen LogP contribution in [0.2, 0.25) is 0 Å². The molecule has 384 valence electrons. The van der Waals surface area contributed by atoms with E-state index in [4.69, 9.17) is 0 Å². The quantitative estimate of drug-likeness (QED) is 0.165. The minimum absolute atomic E-state index is 0.0367. The van der Waals surface area contributed by atoms with E-state index in [0.29, 0.717) is 0 Å². The first kappa shape index (κ1) is 47.4. The van der Waals surface area contributed by atoms with Gasteiger partial charge in [-0.1, -0.05) is 263 Å². The molecule has 12 aromatic rings. The molecule has 0 saturated heterocycles. The fourth-order valence-electron chi connectivity index (χ4n) is 15.5. The van der Waals surface area contributed by atoms with Gasteiger partial charge in [0, 0.05) is 10.8 Å². The Balaban J connectivity index is 1.02. The van der Waals surface area contributed by atoms with Crippen molar-refractivity contribution in [3.63, 3.8) is 0 Å². The Morgan fingerprint density at radius 1 is 0.237 bits per heavy atom. The third-order valence-electron chi connectivity index (χ3n) is 19.5. The Kier molecular flexibility index (Phi) is 9.51. The van der Waals surface area contributed by atoms with Gasteiger partial charge < -0.3 is 0 Å². The number of hydrogen-bond donors (Lipinski definition) is 0. The molecule has 0 unspecified atom stereocenters. The second-order valence-corrected chi connectivity index (χ2v) is 26.7. The summed E-state index contributed by atoms with van der Waals surface area (Å²) in [6.45, 7) is 23.5. The van der Waals surface area contributed by atoms with Crippen molar-refractivity contribution in [2.75, 3.05) is 0 Å². The fourth-order valence-corrected chi connectivity index (χ4v) is 15.5. The lowest BCUT2D eigenvalue weighted by atomic mass is 9.78. The van der Waals surface area contributed by atoms with Crippen LogP contribution in [0.25, 0.3) is 144 Å². The van der Waals surface area contributed by atoms with Crippen LogP contribution in [-0.4, -0.2) is 0 Å². The van der Waals surface area contributed by atoms with E-state index < -0.39 is 0 Å². The van der Waals surface area contributed by atoms with E-state index in [1.54, 1.807) is 0 Å². The van der Waals surface area contributed by atoms with Crippen molar-refractivity contribution in [1.29, 1.82) is 0 Å². The summed E-state index contributed by atoms with van der Waals surface area (Å²) in [5.74, 6) is 0. The van der Waals surface area contributed by atoms with Gasteiger partial charge in [-0.25, -0.2) is 0 Å². The molecular formula is C80H64. The largest absolute Gasteiger partial charge is 0.0619 e. The molecule has 0 spiro atoms. The Morgan fingerprint density at radius 3 is 0.825 bits per heavy atom. The SMILES string of the molecule is CC(C)(C)c1ccc(-c2c3c(c(-c4ccc(C(C)(C)C)cc4)c4ccccc24)-c2ccc4c5c(ccc-3c25)-c2c-4c(-c3ccc4c(c3)C(C)(C)c3ccccc3-4)c3ccccc3c2-c2ccc3c(c2)C(C)(C)c2ccccc2-3)cc1. The molecule has 0 aliphatic heterocycles. The van der Waals surface area contributed by atoms with Crippen LogP contribution in [0.15, 0.2) is 206 Å². The van der Waals surface area contributed by atoms with Crippen LogP contribution in [0.3, 0.4) is 0 Å². The van der Waals surface area contributed by atoms with Crippen LogP contribution in [0.1, 0.15) is 103 Å².